The predicted octanol–water partition coefficient (Wildman–Crippen LogP) is 2.36. The summed E-state index contributed by atoms with van der Waals surface area (Å²) in [7, 11) is -3.61. The van der Waals surface area contributed by atoms with Crippen molar-refractivity contribution in [3.63, 3.8) is 0 Å². The van der Waals surface area contributed by atoms with Crippen LogP contribution >= 0.6 is 11.6 Å². The molecule has 156 valence electrons. The molecule has 1 aliphatic heterocycles. The van der Waals surface area contributed by atoms with Gasteiger partial charge in [0.25, 0.3) is 0 Å². The highest BCUT2D eigenvalue weighted by Crippen LogP contribution is 2.27. The fourth-order valence-electron chi connectivity index (χ4n) is 3.38. The minimum Gasteiger partial charge on any atom is -0.324 e. The van der Waals surface area contributed by atoms with Crippen molar-refractivity contribution >= 4 is 33.2 Å². The number of nitrogens with one attached hydrogen (secondary N) is 1. The van der Waals surface area contributed by atoms with Crippen molar-refractivity contribution in [2.45, 2.75) is 17.7 Å². The maximum absolute atomic E-state index is 12.8. The standard InChI is InChI=1S/C19H19ClN6O3S/c20-15-3-4-18(26-13-22-12-23-26)17(10-15)24-19(27)14-5-8-25(9-6-14)30(28,29)16-2-1-7-21-11-16/h1-4,7,10-14H,5-6,8-9H2,(H,24,27). The van der Waals surface area contributed by atoms with Gasteiger partial charge in [0.1, 0.15) is 17.6 Å². The second-order valence-electron chi connectivity index (χ2n) is 6.86. The number of pyridine rings is 1. The number of benzene rings is 1. The number of carbonyl (C=O) groups is 1. The Morgan fingerprint density at radius 1 is 1.17 bits per heavy atom. The van der Waals surface area contributed by atoms with Gasteiger partial charge < -0.3 is 5.32 Å². The number of nitrogens with zero attached hydrogens (tertiary/aromatic N) is 5. The molecular formula is C19H19ClN6O3S. The molecule has 1 fully saturated rings. The first kappa shape index (κ1) is 20.5. The Kier molecular flexibility index (Phi) is 5.80. The van der Waals surface area contributed by atoms with Gasteiger partial charge in [0.05, 0.1) is 11.4 Å². The zero-order valence-corrected chi connectivity index (χ0v) is 17.4. The number of carbonyl (C=O) groups excluding carboxylic acids is 1. The van der Waals surface area contributed by atoms with Gasteiger partial charge >= 0.3 is 0 Å². The normalized spacial score (nSPS) is 15.8. The molecule has 1 aliphatic rings. The third kappa shape index (κ3) is 4.20. The molecule has 30 heavy (non-hydrogen) atoms. The number of anilines is 1. The number of rotatable bonds is 5. The zero-order valence-electron chi connectivity index (χ0n) is 15.8. The highest BCUT2D eigenvalue weighted by atomic mass is 35.5. The molecule has 1 N–H and O–H groups in total. The Morgan fingerprint density at radius 2 is 1.97 bits per heavy atom. The van der Waals surface area contributed by atoms with E-state index in [2.05, 4.69) is 20.4 Å². The first-order chi connectivity index (χ1) is 14.4. The van der Waals surface area contributed by atoms with E-state index >= 15 is 0 Å². The summed E-state index contributed by atoms with van der Waals surface area (Å²) in [6.45, 7) is 0.529. The van der Waals surface area contributed by atoms with Crippen LogP contribution in [0.1, 0.15) is 12.8 Å². The molecule has 1 saturated heterocycles. The molecular weight excluding hydrogens is 428 g/mol. The summed E-state index contributed by atoms with van der Waals surface area (Å²) in [6.07, 6.45) is 6.63. The van der Waals surface area contributed by atoms with E-state index in [1.165, 1.54) is 40.1 Å². The van der Waals surface area contributed by atoms with Crippen LogP contribution < -0.4 is 5.32 Å². The molecule has 3 aromatic rings. The van der Waals surface area contributed by atoms with Crippen molar-refractivity contribution in [2.75, 3.05) is 18.4 Å². The highest BCUT2D eigenvalue weighted by molar-refractivity contribution is 7.89. The van der Waals surface area contributed by atoms with Gasteiger partial charge in [-0.05, 0) is 43.2 Å². The average molecular weight is 447 g/mol. The first-order valence-corrected chi connectivity index (χ1v) is 11.1. The monoisotopic (exact) mass is 446 g/mol. The fraction of sp³-hybridized carbons (Fsp3) is 0.263. The number of amides is 1. The quantitative estimate of drug-likeness (QED) is 0.644. The Labute approximate surface area is 178 Å². The molecule has 1 amide bonds. The second-order valence-corrected chi connectivity index (χ2v) is 9.23. The number of hydrogen-bond donors (Lipinski definition) is 1. The Hall–Kier alpha value is -2.82. The number of hydrogen-bond acceptors (Lipinski definition) is 6. The first-order valence-electron chi connectivity index (χ1n) is 9.31. The predicted molar refractivity (Wildman–Crippen MR) is 111 cm³/mol. The van der Waals surface area contributed by atoms with Crippen molar-refractivity contribution in [3.8, 4) is 5.69 Å². The zero-order chi connectivity index (χ0) is 21.1. The van der Waals surface area contributed by atoms with Crippen molar-refractivity contribution in [3.05, 3.63) is 60.4 Å². The summed E-state index contributed by atoms with van der Waals surface area (Å²) < 4.78 is 28.4. The lowest BCUT2D eigenvalue weighted by Gasteiger charge is -2.30. The number of sulfonamides is 1. The van der Waals surface area contributed by atoms with Crippen molar-refractivity contribution < 1.29 is 13.2 Å². The Balaban J connectivity index is 1.44. The number of piperidine rings is 1. The molecule has 0 aliphatic carbocycles. The van der Waals surface area contributed by atoms with Crippen molar-refractivity contribution in [1.29, 1.82) is 0 Å². The van der Waals surface area contributed by atoms with E-state index in [4.69, 9.17) is 11.6 Å². The van der Waals surface area contributed by atoms with Crippen molar-refractivity contribution in [2.24, 2.45) is 5.92 Å². The number of halogens is 1. The molecule has 0 unspecified atom stereocenters. The molecule has 0 radical (unpaired) electrons. The van der Waals surface area contributed by atoms with Gasteiger partial charge in [0, 0.05) is 36.4 Å². The second kappa shape index (κ2) is 8.50. The molecule has 11 heteroatoms. The van der Waals surface area contributed by atoms with Crippen LogP contribution in [-0.2, 0) is 14.8 Å². The minimum absolute atomic E-state index is 0.157. The lowest BCUT2D eigenvalue weighted by molar-refractivity contribution is -0.120. The molecule has 0 saturated carbocycles. The van der Waals surface area contributed by atoms with Gasteiger partial charge in [-0.3, -0.25) is 9.78 Å². The SMILES string of the molecule is O=C(Nc1cc(Cl)ccc1-n1cncn1)C1CCN(S(=O)(=O)c2cccnc2)CC1. The van der Waals surface area contributed by atoms with Gasteiger partial charge in [0.2, 0.25) is 15.9 Å². The van der Waals surface area contributed by atoms with Gasteiger partial charge in [-0.1, -0.05) is 11.6 Å². The molecule has 4 rings (SSSR count). The summed E-state index contributed by atoms with van der Waals surface area (Å²) in [4.78, 5) is 20.8. The van der Waals surface area contributed by atoms with Crippen LogP contribution in [0.2, 0.25) is 5.02 Å². The van der Waals surface area contributed by atoms with E-state index in [9.17, 15) is 13.2 Å². The summed E-state index contributed by atoms with van der Waals surface area (Å²) in [5.74, 6) is -0.495. The van der Waals surface area contributed by atoms with Crippen LogP contribution in [0.5, 0.6) is 0 Å². The minimum atomic E-state index is -3.61. The van der Waals surface area contributed by atoms with Crippen LogP contribution in [0.3, 0.4) is 0 Å². The summed E-state index contributed by atoms with van der Waals surface area (Å²) >= 11 is 6.10. The third-order valence-corrected chi connectivity index (χ3v) is 7.10. The lowest BCUT2D eigenvalue weighted by Crippen LogP contribution is -2.41. The van der Waals surface area contributed by atoms with Gasteiger partial charge in [0.15, 0.2) is 0 Å². The van der Waals surface area contributed by atoms with Crippen LogP contribution in [0.15, 0.2) is 60.3 Å². The van der Waals surface area contributed by atoms with Crippen molar-refractivity contribution in [1.82, 2.24) is 24.1 Å². The maximum Gasteiger partial charge on any atom is 0.244 e. The molecule has 0 bridgehead atoms. The summed E-state index contributed by atoms with van der Waals surface area (Å²) in [6, 6.07) is 8.21. The molecule has 0 spiro atoms. The van der Waals surface area contributed by atoms with Gasteiger partial charge in [-0.2, -0.15) is 9.40 Å². The Bertz CT molecular complexity index is 1130. The van der Waals surface area contributed by atoms with Crippen LogP contribution in [-0.4, -0.2) is 51.5 Å². The summed E-state index contributed by atoms with van der Waals surface area (Å²) in [5.41, 5.74) is 1.16. The van der Waals surface area contributed by atoms with E-state index in [0.717, 1.165) is 0 Å². The fourth-order valence-corrected chi connectivity index (χ4v) is 4.99. The van der Waals surface area contributed by atoms with Crippen LogP contribution in [0, 0.1) is 5.92 Å². The van der Waals surface area contributed by atoms with E-state index in [-0.39, 0.29) is 29.8 Å². The molecule has 9 nitrogen and oxygen atoms in total. The topological polar surface area (TPSA) is 110 Å². The van der Waals surface area contributed by atoms with E-state index in [1.54, 1.807) is 24.3 Å². The largest absolute Gasteiger partial charge is 0.324 e. The molecule has 2 aromatic heterocycles. The van der Waals surface area contributed by atoms with Crippen LogP contribution in [0.4, 0.5) is 5.69 Å². The van der Waals surface area contributed by atoms with Gasteiger partial charge in [-0.15, -0.1) is 0 Å². The van der Waals surface area contributed by atoms with Crippen LogP contribution in [0.25, 0.3) is 5.69 Å². The average Bonchev–Trinajstić information content (AvgIpc) is 3.29. The van der Waals surface area contributed by atoms with E-state index in [1.807, 2.05) is 0 Å². The number of aromatic nitrogens is 4. The smallest absolute Gasteiger partial charge is 0.244 e. The molecule has 1 aromatic carbocycles. The lowest BCUT2D eigenvalue weighted by atomic mass is 9.97. The molecule has 0 atom stereocenters. The van der Waals surface area contributed by atoms with E-state index < -0.39 is 10.0 Å². The highest BCUT2D eigenvalue weighted by Gasteiger charge is 2.32. The summed E-state index contributed by atoms with van der Waals surface area (Å²) in [5, 5.41) is 7.48. The Morgan fingerprint density at radius 3 is 2.63 bits per heavy atom. The van der Waals surface area contributed by atoms with Gasteiger partial charge in [-0.25, -0.2) is 18.1 Å². The molecule has 3 heterocycles. The maximum atomic E-state index is 12.8. The third-order valence-electron chi connectivity index (χ3n) is 4.98. The van der Waals surface area contributed by atoms with E-state index in [0.29, 0.717) is 29.2 Å².